The second kappa shape index (κ2) is 5.86. The minimum Gasteiger partial charge on any atom is -0.308 e. The van der Waals surface area contributed by atoms with Crippen molar-refractivity contribution in [2.75, 3.05) is 10.6 Å². The lowest BCUT2D eigenvalue weighted by Gasteiger charge is -2.09. The van der Waals surface area contributed by atoms with Gasteiger partial charge in [-0.1, -0.05) is 29.8 Å². The van der Waals surface area contributed by atoms with E-state index in [1.165, 1.54) is 5.56 Å². The standard InChI is InChI=1S/C14H13IN2O/c1-10-6-8-11(9-7-10)16-14(18)17-13-5-3-2-4-12(13)15/h2-9H,1H3,(H2,16,17,18). The largest absolute Gasteiger partial charge is 0.323 e. The van der Waals surface area contributed by atoms with E-state index < -0.39 is 0 Å². The van der Waals surface area contributed by atoms with Gasteiger partial charge in [0.2, 0.25) is 0 Å². The maximum absolute atomic E-state index is 11.8. The van der Waals surface area contributed by atoms with Crippen LogP contribution in [0, 0.1) is 10.5 Å². The summed E-state index contributed by atoms with van der Waals surface area (Å²) in [7, 11) is 0. The number of para-hydroxylation sites is 1. The van der Waals surface area contributed by atoms with Gasteiger partial charge in [-0.2, -0.15) is 0 Å². The smallest absolute Gasteiger partial charge is 0.308 e. The number of carbonyl (C=O) groups is 1. The van der Waals surface area contributed by atoms with Crippen LogP contribution in [0.2, 0.25) is 0 Å². The number of nitrogens with one attached hydrogen (secondary N) is 2. The molecule has 0 aliphatic heterocycles. The Bertz CT molecular complexity index is 552. The highest BCUT2D eigenvalue weighted by Gasteiger charge is 2.04. The molecule has 0 radical (unpaired) electrons. The Hall–Kier alpha value is -1.56. The van der Waals surface area contributed by atoms with Crippen LogP contribution in [0.4, 0.5) is 16.2 Å². The summed E-state index contributed by atoms with van der Waals surface area (Å²) in [6.07, 6.45) is 0. The van der Waals surface area contributed by atoms with Gasteiger partial charge in [-0.05, 0) is 53.8 Å². The number of hydrogen-bond acceptors (Lipinski definition) is 1. The highest BCUT2D eigenvalue weighted by atomic mass is 127. The normalized spacial score (nSPS) is 9.89. The van der Waals surface area contributed by atoms with Crippen LogP contribution in [0.1, 0.15) is 5.56 Å². The van der Waals surface area contributed by atoms with Crippen LogP contribution >= 0.6 is 22.6 Å². The van der Waals surface area contributed by atoms with Gasteiger partial charge in [-0.3, -0.25) is 0 Å². The molecule has 0 aliphatic rings. The maximum atomic E-state index is 11.8. The van der Waals surface area contributed by atoms with Gasteiger partial charge in [0.15, 0.2) is 0 Å². The molecule has 0 unspecified atom stereocenters. The van der Waals surface area contributed by atoms with E-state index in [0.717, 1.165) is 14.9 Å². The predicted molar refractivity (Wildman–Crippen MR) is 83.0 cm³/mol. The molecule has 0 saturated heterocycles. The molecule has 0 heterocycles. The van der Waals surface area contributed by atoms with E-state index in [2.05, 4.69) is 33.2 Å². The summed E-state index contributed by atoms with van der Waals surface area (Å²) >= 11 is 2.19. The van der Waals surface area contributed by atoms with Crippen molar-refractivity contribution in [2.45, 2.75) is 6.92 Å². The van der Waals surface area contributed by atoms with E-state index in [-0.39, 0.29) is 6.03 Å². The molecule has 4 heteroatoms. The van der Waals surface area contributed by atoms with Crippen molar-refractivity contribution < 1.29 is 4.79 Å². The average molecular weight is 352 g/mol. The summed E-state index contributed by atoms with van der Waals surface area (Å²) in [6.45, 7) is 2.01. The van der Waals surface area contributed by atoms with E-state index in [1.807, 2.05) is 55.5 Å². The van der Waals surface area contributed by atoms with Crippen LogP contribution in [0.15, 0.2) is 48.5 Å². The lowest BCUT2D eigenvalue weighted by atomic mass is 10.2. The third-order valence-corrected chi connectivity index (χ3v) is 3.37. The van der Waals surface area contributed by atoms with E-state index in [9.17, 15) is 4.79 Å². The molecular formula is C14H13IN2O. The SMILES string of the molecule is Cc1ccc(NC(=O)Nc2ccccc2I)cc1. The number of aryl methyl sites for hydroxylation is 1. The first-order valence-corrected chi connectivity index (χ1v) is 6.62. The quantitative estimate of drug-likeness (QED) is 0.780. The molecule has 92 valence electrons. The molecule has 18 heavy (non-hydrogen) atoms. The van der Waals surface area contributed by atoms with Gasteiger partial charge in [0.05, 0.1) is 5.69 Å². The first-order valence-electron chi connectivity index (χ1n) is 5.54. The van der Waals surface area contributed by atoms with Gasteiger partial charge in [-0.15, -0.1) is 0 Å². The van der Waals surface area contributed by atoms with Crippen LogP contribution in [0.5, 0.6) is 0 Å². The van der Waals surface area contributed by atoms with E-state index in [4.69, 9.17) is 0 Å². The Kier molecular flexibility index (Phi) is 4.19. The molecule has 2 rings (SSSR count). The van der Waals surface area contributed by atoms with Crippen molar-refractivity contribution in [1.29, 1.82) is 0 Å². The second-order valence-corrected chi connectivity index (χ2v) is 5.09. The fourth-order valence-electron chi connectivity index (χ4n) is 1.48. The molecule has 0 bridgehead atoms. The zero-order valence-electron chi connectivity index (χ0n) is 9.91. The Morgan fingerprint density at radius 2 is 1.67 bits per heavy atom. The highest BCUT2D eigenvalue weighted by molar-refractivity contribution is 14.1. The monoisotopic (exact) mass is 352 g/mol. The number of carbonyl (C=O) groups excluding carboxylic acids is 1. The molecule has 0 saturated carbocycles. The van der Waals surface area contributed by atoms with Gasteiger partial charge < -0.3 is 10.6 Å². The molecule has 0 aromatic heterocycles. The summed E-state index contributed by atoms with van der Waals surface area (Å²) in [6, 6.07) is 15.1. The summed E-state index contributed by atoms with van der Waals surface area (Å²) in [5, 5.41) is 5.61. The third kappa shape index (κ3) is 3.46. The Morgan fingerprint density at radius 1 is 1.00 bits per heavy atom. The first kappa shape index (κ1) is 12.9. The first-order chi connectivity index (χ1) is 8.65. The van der Waals surface area contributed by atoms with Crippen LogP contribution in [-0.4, -0.2) is 6.03 Å². The summed E-state index contributed by atoms with van der Waals surface area (Å²) in [5.41, 5.74) is 2.75. The van der Waals surface area contributed by atoms with Crippen LogP contribution in [0.25, 0.3) is 0 Å². The molecule has 0 spiro atoms. The topological polar surface area (TPSA) is 41.1 Å². The fraction of sp³-hybridized carbons (Fsp3) is 0.0714. The maximum Gasteiger partial charge on any atom is 0.323 e. The van der Waals surface area contributed by atoms with Gasteiger partial charge in [0.1, 0.15) is 0 Å². The van der Waals surface area contributed by atoms with Crippen molar-refractivity contribution >= 4 is 40.0 Å². The predicted octanol–water partition coefficient (Wildman–Crippen LogP) is 4.24. The number of anilines is 2. The summed E-state index contributed by atoms with van der Waals surface area (Å²) < 4.78 is 1.01. The second-order valence-electron chi connectivity index (χ2n) is 3.92. The fourth-order valence-corrected chi connectivity index (χ4v) is 2.01. The summed E-state index contributed by atoms with van der Waals surface area (Å²) in [4.78, 5) is 11.8. The number of amides is 2. The molecule has 2 aromatic rings. The van der Waals surface area contributed by atoms with Crippen LogP contribution in [-0.2, 0) is 0 Å². The zero-order valence-corrected chi connectivity index (χ0v) is 12.1. The van der Waals surface area contributed by atoms with Crippen LogP contribution < -0.4 is 10.6 Å². The highest BCUT2D eigenvalue weighted by Crippen LogP contribution is 2.17. The molecule has 0 atom stereocenters. The van der Waals surface area contributed by atoms with Gasteiger partial charge in [0.25, 0.3) is 0 Å². The van der Waals surface area contributed by atoms with E-state index in [1.54, 1.807) is 0 Å². The lowest BCUT2D eigenvalue weighted by Crippen LogP contribution is -2.19. The molecule has 2 amide bonds. The Balaban J connectivity index is 2.01. The number of urea groups is 1. The van der Waals surface area contributed by atoms with Gasteiger partial charge in [-0.25, -0.2) is 4.79 Å². The summed E-state index contributed by atoms with van der Waals surface area (Å²) in [5.74, 6) is 0. The Morgan fingerprint density at radius 3 is 2.33 bits per heavy atom. The van der Waals surface area contributed by atoms with Gasteiger partial charge >= 0.3 is 6.03 Å². The van der Waals surface area contributed by atoms with Crippen LogP contribution in [0.3, 0.4) is 0 Å². The van der Waals surface area contributed by atoms with Crippen molar-refractivity contribution in [2.24, 2.45) is 0 Å². The molecular weight excluding hydrogens is 339 g/mol. The van der Waals surface area contributed by atoms with Crippen molar-refractivity contribution in [1.82, 2.24) is 0 Å². The number of benzene rings is 2. The van der Waals surface area contributed by atoms with Crippen molar-refractivity contribution in [3.8, 4) is 0 Å². The third-order valence-electron chi connectivity index (χ3n) is 2.43. The average Bonchev–Trinajstić information content (AvgIpc) is 2.35. The number of halogens is 1. The Labute approximate surface area is 120 Å². The molecule has 3 nitrogen and oxygen atoms in total. The van der Waals surface area contributed by atoms with E-state index >= 15 is 0 Å². The van der Waals surface area contributed by atoms with Crippen molar-refractivity contribution in [3.63, 3.8) is 0 Å². The van der Waals surface area contributed by atoms with Crippen molar-refractivity contribution in [3.05, 3.63) is 57.7 Å². The lowest BCUT2D eigenvalue weighted by molar-refractivity contribution is 0.262. The zero-order chi connectivity index (χ0) is 13.0. The minimum atomic E-state index is -0.233. The minimum absolute atomic E-state index is 0.233. The molecule has 2 aromatic carbocycles. The number of rotatable bonds is 2. The number of hydrogen-bond donors (Lipinski definition) is 2. The van der Waals surface area contributed by atoms with E-state index in [0.29, 0.717) is 0 Å². The van der Waals surface area contributed by atoms with Gasteiger partial charge in [0, 0.05) is 9.26 Å². The molecule has 0 fully saturated rings. The molecule has 0 aliphatic carbocycles. The molecule has 2 N–H and O–H groups in total.